The van der Waals surface area contributed by atoms with E-state index in [0.29, 0.717) is 48.9 Å². The van der Waals surface area contributed by atoms with Crippen molar-refractivity contribution >= 4 is 29.0 Å². The Labute approximate surface area is 247 Å². The average Bonchev–Trinajstić information content (AvgIpc) is 3.65. The molecule has 3 atom stereocenters. The number of unbranched alkanes of at least 4 members (excludes halogenated alkanes) is 1. The third-order valence-corrected chi connectivity index (χ3v) is 6.82. The van der Waals surface area contributed by atoms with E-state index in [4.69, 9.17) is 19.9 Å². The van der Waals surface area contributed by atoms with Crippen molar-refractivity contribution in [1.82, 2.24) is 24.8 Å². The van der Waals surface area contributed by atoms with Gasteiger partial charge in [-0.1, -0.05) is 69.4 Å². The quantitative estimate of drug-likeness (QED) is 0.233. The van der Waals surface area contributed by atoms with Gasteiger partial charge < -0.3 is 25.3 Å². The Morgan fingerprint density at radius 3 is 2.64 bits per heavy atom. The van der Waals surface area contributed by atoms with Crippen LogP contribution in [0.5, 0.6) is 0 Å². The summed E-state index contributed by atoms with van der Waals surface area (Å²) in [5, 5.41) is 2.77. The number of nitrogens with two attached hydrogens (primary N) is 1. The number of amides is 1. The van der Waals surface area contributed by atoms with E-state index in [1.54, 1.807) is 17.8 Å². The van der Waals surface area contributed by atoms with Gasteiger partial charge in [-0.3, -0.25) is 9.36 Å². The summed E-state index contributed by atoms with van der Waals surface area (Å²) >= 11 is 0. The zero-order valence-electron chi connectivity index (χ0n) is 25.0. The van der Waals surface area contributed by atoms with E-state index in [1.165, 1.54) is 12.8 Å². The third-order valence-electron chi connectivity index (χ3n) is 6.82. The first-order chi connectivity index (χ1) is 20.4. The molecule has 0 aliphatic carbocycles. The second-order valence-corrected chi connectivity index (χ2v) is 9.93. The molecule has 3 aromatic rings. The number of fused-ring (bicyclic) bond motifs is 1. The van der Waals surface area contributed by atoms with Gasteiger partial charge in [0.1, 0.15) is 24.5 Å². The number of carbonyl (C=O) groups excluding carboxylic acids is 2. The van der Waals surface area contributed by atoms with Crippen LogP contribution in [0.15, 0.2) is 36.7 Å². The number of aromatic nitrogens is 4. The zero-order valence-corrected chi connectivity index (χ0v) is 25.0. The van der Waals surface area contributed by atoms with Gasteiger partial charge in [-0.25, -0.2) is 19.7 Å². The van der Waals surface area contributed by atoms with E-state index in [2.05, 4.69) is 46.0 Å². The molecule has 1 fully saturated rings. The fraction of sp³-hybridized carbons (Fsp3) is 0.516. The second-order valence-electron chi connectivity index (χ2n) is 9.93. The van der Waals surface area contributed by atoms with Crippen molar-refractivity contribution in [2.75, 3.05) is 18.9 Å². The van der Waals surface area contributed by atoms with E-state index < -0.39 is 12.3 Å². The van der Waals surface area contributed by atoms with Gasteiger partial charge >= 0.3 is 6.16 Å². The van der Waals surface area contributed by atoms with Crippen LogP contribution in [0.1, 0.15) is 83.8 Å². The minimum Gasteiger partial charge on any atom is -0.434 e. The van der Waals surface area contributed by atoms with Gasteiger partial charge in [0.2, 0.25) is 11.7 Å². The third kappa shape index (κ3) is 9.45. The Kier molecular flexibility index (Phi) is 13.0. The number of imidazole rings is 1. The molecule has 3 heterocycles. The van der Waals surface area contributed by atoms with Gasteiger partial charge in [0, 0.05) is 6.54 Å². The van der Waals surface area contributed by atoms with Gasteiger partial charge in [-0.15, -0.1) is 0 Å². The Morgan fingerprint density at radius 1 is 1.17 bits per heavy atom. The monoisotopic (exact) mass is 578 g/mol. The molecular formula is C31H42N6O5. The predicted molar refractivity (Wildman–Crippen MR) is 160 cm³/mol. The average molecular weight is 579 g/mol. The number of carbonyl (C=O) groups is 2. The lowest BCUT2D eigenvalue weighted by atomic mass is 10.0. The van der Waals surface area contributed by atoms with Crippen LogP contribution in [0, 0.1) is 17.8 Å². The smallest absolute Gasteiger partial charge is 0.434 e. The van der Waals surface area contributed by atoms with Crippen molar-refractivity contribution in [3.05, 3.63) is 48.0 Å². The molecule has 42 heavy (non-hydrogen) atoms. The van der Waals surface area contributed by atoms with Crippen LogP contribution in [0.3, 0.4) is 0 Å². The van der Waals surface area contributed by atoms with Gasteiger partial charge in [-0.05, 0) is 50.5 Å². The zero-order chi connectivity index (χ0) is 30.3. The van der Waals surface area contributed by atoms with Crippen molar-refractivity contribution in [2.45, 2.75) is 85.2 Å². The van der Waals surface area contributed by atoms with Crippen LogP contribution in [0.2, 0.25) is 0 Å². The fourth-order valence-electron chi connectivity index (χ4n) is 4.46. The van der Waals surface area contributed by atoms with Gasteiger partial charge in [0.15, 0.2) is 11.5 Å². The van der Waals surface area contributed by atoms with Crippen LogP contribution in [0.4, 0.5) is 10.6 Å². The molecule has 1 aromatic carbocycles. The first-order valence-corrected chi connectivity index (χ1v) is 14.6. The van der Waals surface area contributed by atoms with Gasteiger partial charge in [0.25, 0.3) is 0 Å². The number of hydrogen-bond donors (Lipinski definition) is 2. The van der Waals surface area contributed by atoms with E-state index in [1.807, 2.05) is 37.3 Å². The maximum Gasteiger partial charge on any atom is 0.508 e. The van der Waals surface area contributed by atoms with E-state index in [-0.39, 0.29) is 24.6 Å². The molecule has 11 heteroatoms. The van der Waals surface area contributed by atoms with Crippen LogP contribution in [-0.4, -0.2) is 50.8 Å². The molecule has 0 radical (unpaired) electrons. The largest absolute Gasteiger partial charge is 0.508 e. The Hall–Kier alpha value is -4.17. The lowest BCUT2D eigenvalue weighted by Crippen LogP contribution is -2.34. The van der Waals surface area contributed by atoms with Crippen molar-refractivity contribution in [3.63, 3.8) is 0 Å². The normalized spacial score (nSPS) is 16.5. The summed E-state index contributed by atoms with van der Waals surface area (Å²) in [7, 11) is 0. The minimum absolute atomic E-state index is 0.0916. The molecule has 3 N–H and O–H groups in total. The summed E-state index contributed by atoms with van der Waals surface area (Å²) in [5.41, 5.74) is 7.96. The highest BCUT2D eigenvalue weighted by Gasteiger charge is 2.32. The Morgan fingerprint density at radius 2 is 1.95 bits per heavy atom. The summed E-state index contributed by atoms with van der Waals surface area (Å²) < 4.78 is 17.8. The highest BCUT2D eigenvalue weighted by molar-refractivity contribution is 5.82. The standard InChI is InChI=1S/C16H24O3.C15H18N6O2/c1-3-5-9-14(4-2)12-18-16(17)19-13-15-10-7-6-8-11-15;1-3-5-10-19-13(16)12-14(20-10)21(8-18-12)11-7-6-9(23-11)15(22)17-4-2/h6-8,10-11,14H,3-5,9,12-13H2,1-2H3;8-9,11H,4,6-7H2,1-2H3,(H,17,22)(H2,16,19,20). The van der Waals surface area contributed by atoms with Gasteiger partial charge in [0.05, 0.1) is 12.9 Å². The van der Waals surface area contributed by atoms with Crippen LogP contribution < -0.4 is 11.1 Å². The van der Waals surface area contributed by atoms with E-state index in [9.17, 15) is 9.59 Å². The number of nitrogen functional groups attached to an aromatic ring is 1. The number of rotatable bonds is 11. The number of ether oxygens (including phenoxy) is 3. The molecule has 226 valence electrons. The number of benzene rings is 1. The van der Waals surface area contributed by atoms with Crippen LogP contribution in [0.25, 0.3) is 11.2 Å². The summed E-state index contributed by atoms with van der Waals surface area (Å²) in [6.07, 6.45) is 6.14. The topological polar surface area (TPSA) is 143 Å². The molecule has 0 bridgehead atoms. The van der Waals surface area contributed by atoms with E-state index in [0.717, 1.165) is 18.4 Å². The number of anilines is 1. The Balaban J connectivity index is 0.000000236. The first kappa shape index (κ1) is 32.3. The molecule has 0 saturated carbocycles. The molecule has 1 amide bonds. The second kappa shape index (κ2) is 16.9. The predicted octanol–water partition coefficient (Wildman–Crippen LogP) is 5.15. The molecular weight excluding hydrogens is 536 g/mol. The van der Waals surface area contributed by atoms with Crippen LogP contribution in [-0.2, 0) is 25.6 Å². The summed E-state index contributed by atoms with van der Waals surface area (Å²) in [5.74, 6) is 6.53. The molecule has 1 saturated heterocycles. The van der Waals surface area contributed by atoms with Crippen molar-refractivity contribution < 1.29 is 23.8 Å². The molecule has 1 aliphatic heterocycles. The molecule has 3 unspecified atom stereocenters. The maximum absolute atomic E-state index is 11.9. The van der Waals surface area contributed by atoms with Crippen LogP contribution >= 0.6 is 0 Å². The molecule has 1 aliphatic rings. The lowest BCUT2D eigenvalue weighted by molar-refractivity contribution is -0.133. The highest BCUT2D eigenvalue weighted by Crippen LogP contribution is 2.31. The van der Waals surface area contributed by atoms with Crippen molar-refractivity contribution in [1.29, 1.82) is 0 Å². The van der Waals surface area contributed by atoms with Crippen molar-refractivity contribution in [2.24, 2.45) is 5.92 Å². The van der Waals surface area contributed by atoms with Crippen molar-refractivity contribution in [3.8, 4) is 11.8 Å². The fourth-order valence-corrected chi connectivity index (χ4v) is 4.46. The number of nitrogens with zero attached hydrogens (tertiary/aromatic N) is 4. The van der Waals surface area contributed by atoms with E-state index >= 15 is 0 Å². The Bertz CT molecular complexity index is 1350. The molecule has 4 rings (SSSR count). The van der Waals surface area contributed by atoms with Gasteiger partial charge in [-0.2, -0.15) is 0 Å². The summed E-state index contributed by atoms with van der Waals surface area (Å²) in [6.45, 7) is 9.19. The maximum atomic E-state index is 11.9. The lowest BCUT2D eigenvalue weighted by Gasteiger charge is -2.14. The molecule has 0 spiro atoms. The molecule has 11 nitrogen and oxygen atoms in total. The highest BCUT2D eigenvalue weighted by atomic mass is 16.7. The minimum atomic E-state index is -0.571. The summed E-state index contributed by atoms with van der Waals surface area (Å²) in [4.78, 5) is 36.1. The number of likely N-dealkylation sites (N-methyl/N-ethyl adjacent to an activating group) is 1. The SMILES string of the molecule is CC#Cc1nc(N)c2ncn(C3CCC(C(=O)NCC)O3)c2n1.CCCCC(CC)COC(=O)OCc1ccccc1. The molecule has 2 aromatic heterocycles. The summed E-state index contributed by atoms with van der Waals surface area (Å²) in [6, 6.07) is 9.61. The first-order valence-electron chi connectivity index (χ1n) is 14.6. The number of nitrogens with one attached hydrogen (secondary N) is 1. The number of hydrogen-bond acceptors (Lipinski definition) is 9.